The van der Waals surface area contributed by atoms with Crippen molar-refractivity contribution in [1.29, 1.82) is 0 Å². The quantitative estimate of drug-likeness (QED) is 0.308. The van der Waals surface area contributed by atoms with E-state index in [0.29, 0.717) is 0 Å². The SMILES string of the molecule is C[C]1[C](C)[C](C)[C](C)[C]1C.Clc1c[c-]ccc1.[C-]#[O+].[C-]#[O+].[Cl][Re]. The summed E-state index contributed by atoms with van der Waals surface area (Å²) in [6, 6.07) is 10.0. The Morgan fingerprint density at radius 1 is 0.826 bits per heavy atom. The van der Waals surface area contributed by atoms with Gasteiger partial charge in [0.15, 0.2) is 0 Å². The summed E-state index contributed by atoms with van der Waals surface area (Å²) in [5.74, 6) is 7.34. The molecule has 1 fully saturated rings. The van der Waals surface area contributed by atoms with Gasteiger partial charge in [0.1, 0.15) is 0 Å². The molecule has 0 unspecified atom stereocenters. The predicted molar refractivity (Wildman–Crippen MR) is 88.6 cm³/mol. The summed E-state index contributed by atoms with van der Waals surface area (Å²) in [4.78, 5) is 0. The van der Waals surface area contributed by atoms with Crippen molar-refractivity contribution in [2.45, 2.75) is 34.6 Å². The molecule has 0 atom stereocenters. The Labute approximate surface area is 161 Å². The van der Waals surface area contributed by atoms with E-state index in [4.69, 9.17) is 30.4 Å². The standard InChI is InChI=1S/C10H15.C6H4Cl.2CO.ClH.Re/c1-6-7(2)9(4)10(5)8(6)3;7-6-4-2-1-3-5-6;2*1-2;;/h1-5H3;1-2,4-5H;;;1H;/q;-1;;;;+1/p-1. The van der Waals surface area contributed by atoms with Crippen LogP contribution < -0.4 is 0 Å². The first-order chi connectivity index (χ1) is 10.9. The summed E-state index contributed by atoms with van der Waals surface area (Å²) in [5.41, 5.74) is 0. The van der Waals surface area contributed by atoms with Gasteiger partial charge in [-0.25, -0.2) is 0 Å². The zero-order valence-corrected chi connectivity index (χ0v) is 18.0. The van der Waals surface area contributed by atoms with Gasteiger partial charge in [-0.05, 0) is 29.6 Å². The molecule has 125 valence electrons. The van der Waals surface area contributed by atoms with Crippen molar-refractivity contribution in [2.75, 3.05) is 0 Å². The molecule has 0 amide bonds. The molecule has 1 aromatic carbocycles. The van der Waals surface area contributed by atoms with Crippen LogP contribution in [-0.4, -0.2) is 0 Å². The van der Waals surface area contributed by atoms with Crippen molar-refractivity contribution in [3.8, 4) is 0 Å². The van der Waals surface area contributed by atoms with E-state index in [-0.39, 0.29) is 0 Å². The van der Waals surface area contributed by atoms with Crippen LogP contribution in [0.2, 0.25) is 5.02 Å². The first-order valence-electron chi connectivity index (χ1n) is 6.31. The Hall–Kier alpha value is -0.0577. The van der Waals surface area contributed by atoms with Crippen molar-refractivity contribution in [2.24, 2.45) is 0 Å². The predicted octanol–water partition coefficient (Wildman–Crippen LogP) is 5.72. The van der Waals surface area contributed by atoms with Crippen molar-refractivity contribution >= 4 is 21.1 Å². The third kappa shape index (κ3) is 11.2. The minimum absolute atomic E-state index is 0.738. The number of hydrogen-bond acceptors (Lipinski definition) is 0. The summed E-state index contributed by atoms with van der Waals surface area (Å²) in [5, 5.41) is 0.738. The molecule has 5 heteroatoms. The monoisotopic (exact) mass is 524 g/mol. The van der Waals surface area contributed by atoms with Gasteiger partial charge in [0.25, 0.3) is 0 Å². The number of halogens is 2. The van der Waals surface area contributed by atoms with E-state index in [9.17, 15) is 0 Å². The summed E-state index contributed by atoms with van der Waals surface area (Å²) in [6.45, 7) is 20.0. The second-order valence-corrected chi connectivity index (χ2v) is 4.78. The molecule has 0 aromatic heterocycles. The van der Waals surface area contributed by atoms with Crippen LogP contribution in [0, 0.1) is 49.0 Å². The van der Waals surface area contributed by atoms with Crippen molar-refractivity contribution < 1.29 is 27.5 Å². The van der Waals surface area contributed by atoms with Crippen LogP contribution >= 0.6 is 21.1 Å². The van der Waals surface area contributed by atoms with E-state index >= 15 is 0 Å². The number of hydrogen-bond donors (Lipinski definition) is 0. The van der Waals surface area contributed by atoms with E-state index in [0.717, 1.165) is 5.02 Å². The molecule has 2 nitrogen and oxygen atoms in total. The van der Waals surface area contributed by atoms with E-state index in [1.54, 1.807) is 6.07 Å². The molecule has 2 rings (SSSR count). The van der Waals surface area contributed by atoms with Crippen LogP contribution in [0.25, 0.3) is 0 Å². The van der Waals surface area contributed by atoms with Gasteiger partial charge in [0.05, 0.1) is 0 Å². The van der Waals surface area contributed by atoms with Gasteiger partial charge in [-0.15, -0.1) is 0 Å². The molecule has 1 aliphatic carbocycles. The summed E-state index contributed by atoms with van der Waals surface area (Å²) in [6.07, 6.45) is 0. The minimum atomic E-state index is 0.738. The summed E-state index contributed by atoms with van der Waals surface area (Å²) >= 11 is 6.70. The van der Waals surface area contributed by atoms with Gasteiger partial charge >= 0.3 is 50.3 Å². The molecule has 0 bridgehead atoms. The zero-order valence-electron chi connectivity index (χ0n) is 13.8. The van der Waals surface area contributed by atoms with Crippen molar-refractivity contribution in [3.63, 3.8) is 0 Å². The Kier molecular flexibility index (Phi) is 22.1. The van der Waals surface area contributed by atoms with Crippen LogP contribution in [-0.2, 0) is 27.5 Å². The van der Waals surface area contributed by atoms with Crippen LogP contribution in [0.5, 0.6) is 0 Å². The first kappa shape index (κ1) is 27.8. The molecule has 5 radical (unpaired) electrons. The first-order valence-corrected chi connectivity index (χ1v) is 10.1. The van der Waals surface area contributed by atoms with Crippen molar-refractivity contribution in [3.05, 3.63) is 78.2 Å². The fourth-order valence-electron chi connectivity index (χ4n) is 1.78. The average molecular weight is 524 g/mol. The van der Waals surface area contributed by atoms with Crippen LogP contribution in [0.3, 0.4) is 0 Å². The number of benzene rings is 1. The second kappa shape index (κ2) is 18.3. The van der Waals surface area contributed by atoms with Gasteiger partial charge < -0.3 is 0 Å². The zero-order chi connectivity index (χ0) is 19.0. The van der Waals surface area contributed by atoms with Gasteiger partial charge in [0.2, 0.25) is 0 Å². The Morgan fingerprint density at radius 2 is 1.13 bits per heavy atom. The third-order valence-electron chi connectivity index (χ3n) is 3.48. The average Bonchev–Trinajstić information content (AvgIpc) is 2.79. The third-order valence-corrected chi connectivity index (χ3v) is 3.72. The van der Waals surface area contributed by atoms with Gasteiger partial charge in [-0.1, -0.05) is 39.6 Å². The maximum atomic E-state index is 7.50. The van der Waals surface area contributed by atoms with Gasteiger partial charge in [-0.2, -0.15) is 41.9 Å². The van der Waals surface area contributed by atoms with Crippen LogP contribution in [0.1, 0.15) is 34.6 Å². The molecule has 1 aromatic rings. The van der Waals surface area contributed by atoms with Crippen molar-refractivity contribution in [1.82, 2.24) is 0 Å². The molecule has 0 heterocycles. The fraction of sp³-hybridized carbons (Fsp3) is 0.278. The molecule has 23 heavy (non-hydrogen) atoms. The molecular weight excluding hydrogens is 505 g/mol. The maximum absolute atomic E-state index is 7.50. The molecule has 0 N–H and O–H groups in total. The van der Waals surface area contributed by atoms with Crippen LogP contribution in [0.15, 0.2) is 24.3 Å². The van der Waals surface area contributed by atoms with E-state index in [1.807, 2.05) is 18.2 Å². The molecule has 1 aliphatic rings. The van der Waals surface area contributed by atoms with E-state index < -0.39 is 0 Å². The summed E-state index contributed by atoms with van der Waals surface area (Å²) in [7, 11) is 4.69. The van der Waals surface area contributed by atoms with E-state index in [2.05, 4.69) is 54.0 Å². The molecule has 1 saturated carbocycles. The molecule has 0 saturated heterocycles. The Morgan fingerprint density at radius 3 is 1.26 bits per heavy atom. The Bertz CT molecular complexity index is 358. The molecule has 0 spiro atoms. The topological polar surface area (TPSA) is 39.8 Å². The summed E-state index contributed by atoms with van der Waals surface area (Å²) < 4.78 is 15.0. The Balaban J connectivity index is -0.000000270. The van der Waals surface area contributed by atoms with Gasteiger partial charge in [0, 0.05) is 0 Å². The van der Waals surface area contributed by atoms with Gasteiger partial charge in [-0.3, -0.25) is 0 Å². The molecule has 0 aliphatic heterocycles. The fourth-order valence-corrected chi connectivity index (χ4v) is 1.91. The van der Waals surface area contributed by atoms with Crippen LogP contribution in [0.4, 0.5) is 0 Å². The normalized spacial score (nSPS) is 15.5. The second-order valence-electron chi connectivity index (χ2n) is 4.35. The number of rotatable bonds is 0. The molecular formula is C18H19Cl2O2Re-. The van der Waals surface area contributed by atoms with E-state index in [1.165, 1.54) is 47.8 Å².